The molecule has 1 heterocycles. The Bertz CT molecular complexity index is 704. The number of hydrogen-bond acceptors (Lipinski definition) is 6. The van der Waals surface area contributed by atoms with E-state index in [1.165, 1.54) is 23.9 Å². The average molecular weight is 332 g/mol. The molecule has 1 aromatic carbocycles. The maximum atomic E-state index is 11.6. The van der Waals surface area contributed by atoms with Crippen LogP contribution in [0.3, 0.4) is 0 Å². The molecule has 0 spiro atoms. The van der Waals surface area contributed by atoms with E-state index < -0.39 is 4.92 Å². The number of non-ortho nitro benzene ring substituents is 1. The molecule has 0 aliphatic carbocycles. The van der Waals surface area contributed by atoms with Crippen molar-refractivity contribution in [3.63, 3.8) is 0 Å². The van der Waals surface area contributed by atoms with Gasteiger partial charge in [-0.1, -0.05) is 23.9 Å². The van der Waals surface area contributed by atoms with E-state index >= 15 is 0 Å². The summed E-state index contributed by atoms with van der Waals surface area (Å²) in [6.07, 6.45) is 0. The maximum Gasteiger partial charge on any atom is 0.270 e. The van der Waals surface area contributed by atoms with Gasteiger partial charge in [-0.2, -0.15) is 0 Å². The lowest BCUT2D eigenvalue weighted by atomic mass is 10.1. The van der Waals surface area contributed by atoms with Crippen LogP contribution in [0, 0.1) is 10.1 Å². The molecular weight excluding hydrogens is 316 g/mol. The summed E-state index contributed by atoms with van der Waals surface area (Å²) in [6.45, 7) is 3.80. The Hall–Kier alpha value is -2.48. The summed E-state index contributed by atoms with van der Waals surface area (Å²) in [5, 5.41) is 22.3. The fourth-order valence-corrected chi connectivity index (χ4v) is 2.46. The first-order valence-electron chi connectivity index (χ1n) is 6.96. The standard InChI is InChI=1S/C15H16N4O3S/c1-10(2)16-14(20)9-23-15-7-6-13(17-18-15)11-4-3-5-12(8-11)19(21)22/h3-8,10H,9H2,1-2H3,(H,16,20). The number of amides is 1. The lowest BCUT2D eigenvalue weighted by molar-refractivity contribution is -0.384. The van der Waals surface area contributed by atoms with Crippen LogP contribution in [-0.4, -0.2) is 32.8 Å². The number of rotatable bonds is 6. The van der Waals surface area contributed by atoms with E-state index in [9.17, 15) is 14.9 Å². The van der Waals surface area contributed by atoms with E-state index in [0.717, 1.165) is 0 Å². The third-order valence-corrected chi connectivity index (χ3v) is 3.71. The molecule has 1 N–H and O–H groups in total. The minimum absolute atomic E-state index is 0.00751. The van der Waals surface area contributed by atoms with Gasteiger partial charge in [0.2, 0.25) is 5.91 Å². The highest BCUT2D eigenvalue weighted by Gasteiger charge is 2.09. The number of nitrogens with one attached hydrogen (secondary N) is 1. The lowest BCUT2D eigenvalue weighted by Crippen LogP contribution is -2.31. The Balaban J connectivity index is 2.03. The minimum atomic E-state index is -0.450. The molecule has 0 bridgehead atoms. The molecule has 1 amide bonds. The number of hydrogen-bond donors (Lipinski definition) is 1. The van der Waals surface area contributed by atoms with Gasteiger partial charge in [-0.05, 0) is 26.0 Å². The second-order valence-electron chi connectivity index (χ2n) is 5.08. The number of carbonyl (C=O) groups is 1. The molecule has 0 unspecified atom stereocenters. The number of aromatic nitrogens is 2. The van der Waals surface area contributed by atoms with Crippen molar-refractivity contribution in [1.82, 2.24) is 15.5 Å². The van der Waals surface area contributed by atoms with Gasteiger partial charge < -0.3 is 5.32 Å². The Morgan fingerprint density at radius 2 is 2.09 bits per heavy atom. The summed E-state index contributed by atoms with van der Waals surface area (Å²) in [7, 11) is 0. The summed E-state index contributed by atoms with van der Waals surface area (Å²) in [6, 6.07) is 9.80. The largest absolute Gasteiger partial charge is 0.353 e. The molecule has 0 aliphatic heterocycles. The van der Waals surface area contributed by atoms with Crippen LogP contribution in [-0.2, 0) is 4.79 Å². The predicted molar refractivity (Wildman–Crippen MR) is 88.1 cm³/mol. The highest BCUT2D eigenvalue weighted by molar-refractivity contribution is 7.99. The van der Waals surface area contributed by atoms with Crippen LogP contribution < -0.4 is 5.32 Å². The molecule has 2 rings (SSSR count). The zero-order valence-corrected chi connectivity index (χ0v) is 13.5. The Kier molecular flexibility index (Phi) is 5.64. The molecule has 0 atom stereocenters. The predicted octanol–water partition coefficient (Wildman–Crippen LogP) is 2.67. The normalized spacial score (nSPS) is 10.6. The number of thioether (sulfide) groups is 1. The quantitative estimate of drug-likeness (QED) is 0.496. The third-order valence-electron chi connectivity index (χ3n) is 2.79. The van der Waals surface area contributed by atoms with Crippen LogP contribution in [0.5, 0.6) is 0 Å². The fourth-order valence-electron chi connectivity index (χ4n) is 1.83. The Labute approximate surface area is 137 Å². The van der Waals surface area contributed by atoms with E-state index in [1.54, 1.807) is 24.3 Å². The smallest absolute Gasteiger partial charge is 0.270 e. The molecule has 2 aromatic rings. The molecule has 0 radical (unpaired) electrons. The van der Waals surface area contributed by atoms with Crippen molar-refractivity contribution < 1.29 is 9.72 Å². The Morgan fingerprint density at radius 1 is 1.30 bits per heavy atom. The molecule has 0 saturated heterocycles. The van der Waals surface area contributed by atoms with Gasteiger partial charge in [0.15, 0.2) is 0 Å². The van der Waals surface area contributed by atoms with Crippen LogP contribution in [0.1, 0.15) is 13.8 Å². The van der Waals surface area contributed by atoms with E-state index in [2.05, 4.69) is 15.5 Å². The van der Waals surface area contributed by atoms with Crippen LogP contribution in [0.4, 0.5) is 5.69 Å². The van der Waals surface area contributed by atoms with Crippen molar-refractivity contribution in [3.8, 4) is 11.3 Å². The number of nitro groups is 1. The van der Waals surface area contributed by atoms with Crippen molar-refractivity contribution in [3.05, 3.63) is 46.5 Å². The minimum Gasteiger partial charge on any atom is -0.353 e. The first-order valence-corrected chi connectivity index (χ1v) is 7.95. The zero-order valence-electron chi connectivity index (χ0n) is 12.7. The molecular formula is C15H16N4O3S. The fraction of sp³-hybridized carbons (Fsp3) is 0.267. The van der Waals surface area contributed by atoms with Gasteiger partial charge in [0.05, 0.1) is 16.4 Å². The second kappa shape index (κ2) is 7.68. The summed E-state index contributed by atoms with van der Waals surface area (Å²) in [5.41, 5.74) is 1.18. The highest BCUT2D eigenvalue weighted by Crippen LogP contribution is 2.23. The molecule has 7 nitrogen and oxygen atoms in total. The first kappa shape index (κ1) is 16.9. The van der Waals surface area contributed by atoms with Gasteiger partial charge >= 0.3 is 0 Å². The van der Waals surface area contributed by atoms with Gasteiger partial charge in [0, 0.05) is 23.7 Å². The van der Waals surface area contributed by atoms with Gasteiger partial charge in [-0.25, -0.2) is 0 Å². The summed E-state index contributed by atoms with van der Waals surface area (Å²) in [4.78, 5) is 21.9. The topological polar surface area (TPSA) is 98.0 Å². The van der Waals surface area contributed by atoms with Crippen LogP contribution >= 0.6 is 11.8 Å². The molecule has 0 fully saturated rings. The summed E-state index contributed by atoms with van der Waals surface area (Å²) >= 11 is 1.29. The van der Waals surface area contributed by atoms with E-state index in [1.807, 2.05) is 13.8 Å². The number of nitro benzene ring substituents is 1. The lowest BCUT2D eigenvalue weighted by Gasteiger charge is -2.07. The average Bonchev–Trinajstić information content (AvgIpc) is 2.53. The molecule has 0 saturated carbocycles. The molecule has 0 aliphatic rings. The van der Waals surface area contributed by atoms with Gasteiger partial charge in [-0.3, -0.25) is 14.9 Å². The number of carbonyl (C=O) groups excluding carboxylic acids is 1. The summed E-state index contributed by atoms with van der Waals surface area (Å²) in [5.74, 6) is 0.206. The van der Waals surface area contributed by atoms with Gasteiger partial charge in [0.25, 0.3) is 5.69 Å². The maximum absolute atomic E-state index is 11.6. The summed E-state index contributed by atoms with van der Waals surface area (Å²) < 4.78 is 0. The first-order chi connectivity index (χ1) is 11.0. The van der Waals surface area contributed by atoms with Crippen LogP contribution in [0.2, 0.25) is 0 Å². The molecule has 120 valence electrons. The third kappa shape index (κ3) is 5.03. The monoisotopic (exact) mass is 332 g/mol. The van der Waals surface area contributed by atoms with Crippen LogP contribution in [0.25, 0.3) is 11.3 Å². The SMILES string of the molecule is CC(C)NC(=O)CSc1ccc(-c2cccc([N+](=O)[O-])c2)nn1. The van der Waals surface area contributed by atoms with Crippen molar-refractivity contribution in [2.24, 2.45) is 0 Å². The van der Waals surface area contributed by atoms with Crippen LogP contribution in [0.15, 0.2) is 41.4 Å². The number of nitrogens with zero attached hydrogens (tertiary/aromatic N) is 3. The van der Waals surface area contributed by atoms with E-state index in [-0.39, 0.29) is 23.4 Å². The zero-order chi connectivity index (χ0) is 16.8. The highest BCUT2D eigenvalue weighted by atomic mass is 32.2. The number of benzene rings is 1. The second-order valence-corrected chi connectivity index (χ2v) is 6.07. The van der Waals surface area contributed by atoms with Crippen molar-refractivity contribution in [2.45, 2.75) is 24.9 Å². The van der Waals surface area contributed by atoms with Crippen molar-refractivity contribution in [1.29, 1.82) is 0 Å². The van der Waals surface area contributed by atoms with Gasteiger partial charge in [-0.15, -0.1) is 10.2 Å². The van der Waals surface area contributed by atoms with E-state index in [0.29, 0.717) is 16.3 Å². The van der Waals surface area contributed by atoms with Gasteiger partial charge in [0.1, 0.15) is 5.03 Å². The molecule has 1 aromatic heterocycles. The van der Waals surface area contributed by atoms with Crippen molar-refractivity contribution >= 4 is 23.4 Å². The Morgan fingerprint density at radius 3 is 2.70 bits per heavy atom. The molecule has 8 heteroatoms. The van der Waals surface area contributed by atoms with Crippen molar-refractivity contribution in [2.75, 3.05) is 5.75 Å². The molecule has 23 heavy (non-hydrogen) atoms. The van der Waals surface area contributed by atoms with E-state index in [4.69, 9.17) is 0 Å².